The van der Waals surface area contributed by atoms with Crippen LogP contribution < -0.4 is 16.0 Å². The molecule has 1 fully saturated rings. The number of anilines is 2. The number of hydrogen-bond donors (Lipinski definition) is 2. The number of aromatic nitrogens is 2. The molecule has 1 aliphatic carbocycles. The van der Waals surface area contributed by atoms with E-state index >= 15 is 0 Å². The lowest BCUT2D eigenvalue weighted by Gasteiger charge is -2.29. The van der Waals surface area contributed by atoms with E-state index in [9.17, 15) is 0 Å². The van der Waals surface area contributed by atoms with Gasteiger partial charge in [0.05, 0.1) is 5.69 Å². The summed E-state index contributed by atoms with van der Waals surface area (Å²) in [5, 5.41) is 3.37. The molecule has 0 saturated carbocycles. The molecule has 5 heteroatoms. The standard InChI is InChI=1S/C18H23N5/c1-11-9-15-16(14-6-4-3-5-13(11)14)21-18(19)22-17(15)23-8-7-12(10-23)20-2/h3-6,11-12,20H,7-10H2,1-2H3,(H2,19,21,22)/t11?,12-/m1/s1. The van der Waals surface area contributed by atoms with Gasteiger partial charge in [-0.2, -0.15) is 4.98 Å². The number of likely N-dealkylation sites (N-methyl/N-ethyl adjacent to an activating group) is 1. The number of rotatable bonds is 2. The molecule has 2 aromatic rings. The number of nitrogen functional groups attached to an aromatic ring is 1. The maximum atomic E-state index is 6.04. The maximum Gasteiger partial charge on any atom is 0.222 e. The van der Waals surface area contributed by atoms with Gasteiger partial charge in [-0.05, 0) is 31.4 Å². The van der Waals surface area contributed by atoms with E-state index in [1.807, 2.05) is 7.05 Å². The summed E-state index contributed by atoms with van der Waals surface area (Å²) >= 11 is 0. The van der Waals surface area contributed by atoms with E-state index in [0.29, 0.717) is 17.9 Å². The second-order valence-corrected chi connectivity index (χ2v) is 6.65. The number of fused-ring (bicyclic) bond motifs is 3. The van der Waals surface area contributed by atoms with Crippen LogP contribution >= 0.6 is 0 Å². The average Bonchev–Trinajstić information content (AvgIpc) is 3.04. The Morgan fingerprint density at radius 2 is 2.09 bits per heavy atom. The quantitative estimate of drug-likeness (QED) is 0.890. The first-order valence-corrected chi connectivity index (χ1v) is 8.35. The summed E-state index contributed by atoms with van der Waals surface area (Å²) in [6, 6.07) is 9.05. The van der Waals surface area contributed by atoms with Gasteiger partial charge < -0.3 is 16.0 Å². The van der Waals surface area contributed by atoms with E-state index in [4.69, 9.17) is 5.73 Å². The lowest BCUT2D eigenvalue weighted by molar-refractivity contribution is 0.616. The summed E-state index contributed by atoms with van der Waals surface area (Å²) in [6.07, 6.45) is 2.12. The van der Waals surface area contributed by atoms with Gasteiger partial charge >= 0.3 is 0 Å². The summed E-state index contributed by atoms with van der Waals surface area (Å²) < 4.78 is 0. The number of benzene rings is 1. The predicted octanol–water partition coefficient (Wildman–Crippen LogP) is 2.18. The zero-order valence-electron chi connectivity index (χ0n) is 13.7. The van der Waals surface area contributed by atoms with Gasteiger partial charge in [-0.1, -0.05) is 31.2 Å². The molecule has 0 radical (unpaired) electrons. The van der Waals surface area contributed by atoms with Gasteiger partial charge in [0, 0.05) is 30.3 Å². The van der Waals surface area contributed by atoms with Crippen molar-refractivity contribution in [1.29, 1.82) is 0 Å². The second-order valence-electron chi connectivity index (χ2n) is 6.65. The van der Waals surface area contributed by atoms with Gasteiger partial charge in [-0.3, -0.25) is 0 Å². The minimum absolute atomic E-state index is 0.371. The molecule has 4 rings (SSSR count). The van der Waals surface area contributed by atoms with Gasteiger partial charge in [0.1, 0.15) is 5.82 Å². The van der Waals surface area contributed by atoms with Crippen LogP contribution in [-0.2, 0) is 6.42 Å². The van der Waals surface area contributed by atoms with Gasteiger partial charge in [0.25, 0.3) is 0 Å². The molecule has 1 aromatic heterocycles. The van der Waals surface area contributed by atoms with Crippen molar-refractivity contribution in [3.8, 4) is 11.3 Å². The number of nitrogens with zero attached hydrogens (tertiary/aromatic N) is 3. The van der Waals surface area contributed by atoms with Crippen molar-refractivity contribution >= 4 is 11.8 Å². The van der Waals surface area contributed by atoms with E-state index < -0.39 is 0 Å². The first-order valence-electron chi connectivity index (χ1n) is 8.35. The normalized spacial score (nSPS) is 22.8. The van der Waals surface area contributed by atoms with Crippen molar-refractivity contribution in [3.63, 3.8) is 0 Å². The highest BCUT2D eigenvalue weighted by Gasteiger charge is 2.30. The molecule has 0 bridgehead atoms. The Morgan fingerprint density at radius 1 is 1.26 bits per heavy atom. The minimum atomic E-state index is 0.371. The van der Waals surface area contributed by atoms with E-state index in [1.54, 1.807) is 0 Å². The third-order valence-electron chi connectivity index (χ3n) is 5.16. The Kier molecular flexibility index (Phi) is 3.45. The van der Waals surface area contributed by atoms with Crippen molar-refractivity contribution in [3.05, 3.63) is 35.4 Å². The number of nitrogens with one attached hydrogen (secondary N) is 1. The highest BCUT2D eigenvalue weighted by atomic mass is 15.2. The molecule has 0 spiro atoms. The van der Waals surface area contributed by atoms with Crippen LogP contribution in [-0.4, -0.2) is 36.1 Å². The molecule has 120 valence electrons. The molecular weight excluding hydrogens is 286 g/mol. The zero-order valence-corrected chi connectivity index (χ0v) is 13.7. The molecular formula is C18H23N5. The van der Waals surface area contributed by atoms with Gasteiger partial charge in [-0.15, -0.1) is 0 Å². The SMILES string of the molecule is CN[C@@H]1CCN(c2nc(N)nc3c2CC(C)c2ccccc2-3)C1. The van der Waals surface area contributed by atoms with Crippen LogP contribution in [0.2, 0.25) is 0 Å². The first-order chi connectivity index (χ1) is 11.2. The molecule has 23 heavy (non-hydrogen) atoms. The Morgan fingerprint density at radius 3 is 2.87 bits per heavy atom. The van der Waals surface area contributed by atoms with Crippen LogP contribution in [0.1, 0.15) is 30.4 Å². The smallest absolute Gasteiger partial charge is 0.222 e. The molecule has 5 nitrogen and oxygen atoms in total. The summed E-state index contributed by atoms with van der Waals surface area (Å²) in [5.74, 6) is 1.88. The molecule has 1 saturated heterocycles. The van der Waals surface area contributed by atoms with E-state index in [1.165, 1.54) is 16.7 Å². The molecule has 1 aliphatic heterocycles. The second kappa shape index (κ2) is 5.49. The van der Waals surface area contributed by atoms with Crippen molar-refractivity contribution in [2.75, 3.05) is 30.8 Å². The van der Waals surface area contributed by atoms with Crippen molar-refractivity contribution in [1.82, 2.24) is 15.3 Å². The average molecular weight is 309 g/mol. The summed E-state index contributed by atoms with van der Waals surface area (Å²) in [4.78, 5) is 11.6. The van der Waals surface area contributed by atoms with Crippen LogP contribution in [0.5, 0.6) is 0 Å². The van der Waals surface area contributed by atoms with Crippen LogP contribution in [0, 0.1) is 0 Å². The number of nitrogens with two attached hydrogens (primary N) is 1. The molecule has 1 unspecified atom stereocenters. The van der Waals surface area contributed by atoms with Gasteiger partial charge in [0.15, 0.2) is 0 Å². The Bertz CT molecular complexity index is 742. The zero-order chi connectivity index (χ0) is 16.0. The first kappa shape index (κ1) is 14.5. The Hall–Kier alpha value is -2.14. The van der Waals surface area contributed by atoms with Crippen LogP contribution in [0.15, 0.2) is 24.3 Å². The third-order valence-corrected chi connectivity index (χ3v) is 5.16. The van der Waals surface area contributed by atoms with Gasteiger partial charge in [0.2, 0.25) is 5.95 Å². The largest absolute Gasteiger partial charge is 0.368 e. The molecule has 0 amide bonds. The molecule has 2 aliphatic rings. The summed E-state index contributed by atoms with van der Waals surface area (Å²) in [5.41, 5.74) is 10.9. The lowest BCUT2D eigenvalue weighted by Crippen LogP contribution is -2.31. The highest BCUT2D eigenvalue weighted by molar-refractivity contribution is 5.76. The summed E-state index contributed by atoms with van der Waals surface area (Å²) in [7, 11) is 2.02. The fourth-order valence-corrected chi connectivity index (χ4v) is 3.91. The van der Waals surface area contributed by atoms with Crippen LogP contribution in [0.3, 0.4) is 0 Å². The van der Waals surface area contributed by atoms with E-state index in [0.717, 1.165) is 37.4 Å². The monoisotopic (exact) mass is 309 g/mol. The van der Waals surface area contributed by atoms with Crippen molar-refractivity contribution < 1.29 is 0 Å². The van der Waals surface area contributed by atoms with Crippen LogP contribution in [0.25, 0.3) is 11.3 Å². The third kappa shape index (κ3) is 2.36. The van der Waals surface area contributed by atoms with Crippen molar-refractivity contribution in [2.24, 2.45) is 0 Å². The topological polar surface area (TPSA) is 67.1 Å². The molecule has 2 atom stereocenters. The predicted molar refractivity (Wildman–Crippen MR) is 93.7 cm³/mol. The van der Waals surface area contributed by atoms with E-state index in [-0.39, 0.29) is 0 Å². The number of hydrogen-bond acceptors (Lipinski definition) is 5. The molecule has 3 N–H and O–H groups in total. The van der Waals surface area contributed by atoms with Crippen LogP contribution in [0.4, 0.5) is 11.8 Å². The molecule has 2 heterocycles. The Balaban J connectivity index is 1.84. The minimum Gasteiger partial charge on any atom is -0.368 e. The van der Waals surface area contributed by atoms with E-state index in [2.05, 4.69) is 51.4 Å². The Labute approximate surface area is 136 Å². The lowest BCUT2D eigenvalue weighted by atomic mass is 9.82. The maximum absolute atomic E-state index is 6.04. The summed E-state index contributed by atoms with van der Waals surface area (Å²) in [6.45, 7) is 4.28. The van der Waals surface area contributed by atoms with Gasteiger partial charge in [-0.25, -0.2) is 4.98 Å². The highest BCUT2D eigenvalue weighted by Crippen LogP contribution is 2.42. The fourth-order valence-electron chi connectivity index (χ4n) is 3.91. The van der Waals surface area contributed by atoms with Crippen molar-refractivity contribution in [2.45, 2.75) is 31.7 Å². The molecule has 1 aromatic carbocycles. The fraction of sp³-hybridized carbons (Fsp3) is 0.444.